The zero-order chi connectivity index (χ0) is 16.8. The number of amides is 1. The number of carbonyl (C=O) groups excluding carboxylic acids is 1. The van der Waals surface area contributed by atoms with Crippen molar-refractivity contribution in [1.82, 2.24) is 5.43 Å². The van der Waals surface area contributed by atoms with Gasteiger partial charge >= 0.3 is 0 Å². The van der Waals surface area contributed by atoms with Gasteiger partial charge in [-0.05, 0) is 26.0 Å². The number of nitrogens with zero attached hydrogens (tertiary/aromatic N) is 1. The summed E-state index contributed by atoms with van der Waals surface area (Å²) in [6, 6.07) is 5.78. The van der Waals surface area contributed by atoms with Gasteiger partial charge in [-0.15, -0.1) is 0 Å². The zero-order valence-corrected chi connectivity index (χ0v) is 13.8. The Balaban J connectivity index is 0.000000384. The Hall–Kier alpha value is -1.70. The maximum Gasteiger partial charge on any atom is 0.290 e. The first-order valence-corrected chi connectivity index (χ1v) is 7.56. The molecule has 0 atom stereocenters. The topological polar surface area (TPSA) is 86.3 Å². The van der Waals surface area contributed by atoms with E-state index in [1.807, 2.05) is 28.1 Å². The van der Waals surface area contributed by atoms with E-state index >= 15 is 0 Å². The molecule has 0 heterocycles. The molecule has 1 rings (SSSR count). The number of nitrogens with one attached hydrogen (secondary N) is 1. The van der Waals surface area contributed by atoms with Crippen molar-refractivity contribution in [2.24, 2.45) is 0 Å². The molecule has 118 valence electrons. The summed E-state index contributed by atoms with van der Waals surface area (Å²) in [6.07, 6.45) is 0. The van der Waals surface area contributed by atoms with Crippen LogP contribution in [0.3, 0.4) is 0 Å². The largest absolute Gasteiger partial charge is 0.744 e. The Morgan fingerprint density at radius 3 is 1.86 bits per heavy atom. The minimum absolute atomic E-state index is 0.104. The van der Waals surface area contributed by atoms with Gasteiger partial charge in [0.25, 0.3) is 5.91 Å². The third-order valence-corrected chi connectivity index (χ3v) is 2.98. The number of aryl methyl sites for hydroxylation is 1. The first-order valence-electron chi connectivity index (χ1n) is 6.15. The standard InChI is InChI=1S/C7H14N2O.C7H8O3S/c1-6(2)7(10)8-9(3,4)5;1-6-2-4-7(5-3-6)11(8,9)10/h1H2,2-5H3;2-5H,1H3,(H,8,9,10). The van der Waals surface area contributed by atoms with Crippen LogP contribution < -0.4 is 5.43 Å². The molecule has 0 radical (unpaired) electrons. The van der Waals surface area contributed by atoms with Crippen LogP contribution in [0.1, 0.15) is 12.5 Å². The van der Waals surface area contributed by atoms with Gasteiger partial charge in [-0.25, -0.2) is 13.0 Å². The predicted molar refractivity (Wildman–Crippen MR) is 80.1 cm³/mol. The summed E-state index contributed by atoms with van der Waals surface area (Å²) in [5.41, 5.74) is 4.18. The number of hydrogen-bond donors (Lipinski definition) is 1. The van der Waals surface area contributed by atoms with E-state index in [1.54, 1.807) is 19.1 Å². The summed E-state index contributed by atoms with van der Waals surface area (Å²) >= 11 is 0. The van der Waals surface area contributed by atoms with E-state index in [0.717, 1.165) is 5.56 Å². The zero-order valence-electron chi connectivity index (χ0n) is 13.0. The SMILES string of the molecule is C=C(C)C(=O)N[N+](C)(C)C.Cc1ccc(S(=O)(=O)[O-])cc1. The van der Waals surface area contributed by atoms with Crippen LogP contribution in [0.2, 0.25) is 0 Å². The molecule has 0 saturated carbocycles. The third-order valence-electron chi connectivity index (χ3n) is 2.13. The second kappa shape index (κ2) is 7.35. The van der Waals surface area contributed by atoms with Crippen molar-refractivity contribution in [1.29, 1.82) is 0 Å². The van der Waals surface area contributed by atoms with Gasteiger partial charge in [-0.2, -0.15) is 5.43 Å². The summed E-state index contributed by atoms with van der Waals surface area (Å²) < 4.78 is 31.6. The van der Waals surface area contributed by atoms with Gasteiger partial charge in [-0.3, -0.25) is 4.79 Å². The van der Waals surface area contributed by atoms with Crippen molar-refractivity contribution in [3.63, 3.8) is 0 Å². The van der Waals surface area contributed by atoms with Crippen molar-refractivity contribution in [2.45, 2.75) is 18.7 Å². The number of hydrogen-bond acceptors (Lipinski definition) is 4. The van der Waals surface area contributed by atoms with E-state index < -0.39 is 10.1 Å². The lowest BCUT2D eigenvalue weighted by Crippen LogP contribution is -2.51. The van der Waals surface area contributed by atoms with E-state index in [1.165, 1.54) is 12.1 Å². The maximum atomic E-state index is 10.9. The molecule has 1 N–H and O–H groups in total. The molecule has 0 aliphatic rings. The van der Waals surface area contributed by atoms with Crippen LogP contribution in [0, 0.1) is 6.92 Å². The van der Waals surface area contributed by atoms with Gasteiger partial charge in [0.2, 0.25) is 0 Å². The molecule has 0 saturated heterocycles. The van der Waals surface area contributed by atoms with E-state index in [2.05, 4.69) is 12.0 Å². The van der Waals surface area contributed by atoms with E-state index in [4.69, 9.17) is 0 Å². The number of benzene rings is 1. The highest BCUT2D eigenvalue weighted by Gasteiger charge is 2.11. The average molecular weight is 314 g/mol. The molecule has 1 amide bonds. The summed E-state index contributed by atoms with van der Waals surface area (Å²) in [6.45, 7) is 7.02. The maximum absolute atomic E-state index is 10.9. The highest BCUT2D eigenvalue weighted by atomic mass is 32.2. The number of carbonyl (C=O) groups is 1. The average Bonchev–Trinajstić information content (AvgIpc) is 2.26. The molecule has 7 heteroatoms. The molecule has 0 aliphatic carbocycles. The quantitative estimate of drug-likeness (QED) is 0.393. The van der Waals surface area contributed by atoms with Crippen LogP contribution in [0.4, 0.5) is 0 Å². The first kappa shape index (κ1) is 19.3. The Morgan fingerprint density at radius 2 is 1.62 bits per heavy atom. The molecule has 0 bridgehead atoms. The smallest absolute Gasteiger partial charge is 0.290 e. The fourth-order valence-electron chi connectivity index (χ4n) is 1.11. The molecule has 0 fully saturated rings. The van der Waals surface area contributed by atoms with Crippen LogP contribution in [0.5, 0.6) is 0 Å². The molecule has 1 aromatic carbocycles. The predicted octanol–water partition coefficient (Wildman–Crippen LogP) is 1.20. The minimum Gasteiger partial charge on any atom is -0.744 e. The highest BCUT2D eigenvalue weighted by Crippen LogP contribution is 2.08. The Kier molecular flexibility index (Phi) is 6.75. The van der Waals surface area contributed by atoms with Gasteiger partial charge in [0.05, 0.1) is 26.0 Å². The minimum atomic E-state index is -4.27. The second-order valence-electron chi connectivity index (χ2n) is 5.50. The Morgan fingerprint density at radius 1 is 1.19 bits per heavy atom. The van der Waals surface area contributed by atoms with Crippen molar-refractivity contribution >= 4 is 16.0 Å². The molecule has 0 aromatic heterocycles. The molecule has 0 aliphatic heterocycles. The van der Waals surface area contributed by atoms with Gasteiger partial charge in [0, 0.05) is 5.57 Å². The van der Waals surface area contributed by atoms with Crippen LogP contribution in [-0.2, 0) is 14.9 Å². The molecular formula is C14H22N2O4S. The molecule has 0 spiro atoms. The summed E-state index contributed by atoms with van der Waals surface area (Å²) in [7, 11) is 1.36. The lowest BCUT2D eigenvalue weighted by Gasteiger charge is -2.23. The van der Waals surface area contributed by atoms with Gasteiger partial charge < -0.3 is 4.55 Å². The van der Waals surface area contributed by atoms with Crippen molar-refractivity contribution < 1.29 is 22.4 Å². The molecule has 0 unspecified atom stereocenters. The number of rotatable bonds is 3. The van der Waals surface area contributed by atoms with Crippen LogP contribution in [-0.4, -0.2) is 44.6 Å². The lowest BCUT2D eigenvalue weighted by atomic mass is 10.2. The second-order valence-corrected chi connectivity index (χ2v) is 6.88. The fourth-order valence-corrected chi connectivity index (χ4v) is 1.57. The van der Waals surface area contributed by atoms with E-state index in [-0.39, 0.29) is 10.8 Å². The van der Waals surface area contributed by atoms with Gasteiger partial charge in [-0.1, -0.05) is 24.3 Å². The summed E-state index contributed by atoms with van der Waals surface area (Å²) in [5, 5.41) is 0. The van der Waals surface area contributed by atoms with Crippen LogP contribution in [0.15, 0.2) is 41.3 Å². The van der Waals surface area contributed by atoms with Gasteiger partial charge in [0.1, 0.15) is 10.1 Å². The summed E-state index contributed by atoms with van der Waals surface area (Å²) in [4.78, 5) is 10.8. The number of quaternary nitrogens is 1. The van der Waals surface area contributed by atoms with Crippen LogP contribution >= 0.6 is 0 Å². The monoisotopic (exact) mass is 314 g/mol. The highest BCUT2D eigenvalue weighted by molar-refractivity contribution is 7.85. The lowest BCUT2D eigenvalue weighted by molar-refractivity contribution is -0.905. The van der Waals surface area contributed by atoms with Gasteiger partial charge in [0.15, 0.2) is 0 Å². The molecule has 1 aromatic rings. The van der Waals surface area contributed by atoms with Crippen LogP contribution in [0.25, 0.3) is 0 Å². The normalized spacial score (nSPS) is 11.1. The fraction of sp³-hybridized carbons (Fsp3) is 0.357. The molecular weight excluding hydrogens is 292 g/mol. The van der Waals surface area contributed by atoms with Crippen molar-refractivity contribution in [3.05, 3.63) is 42.0 Å². The van der Waals surface area contributed by atoms with E-state index in [9.17, 15) is 17.8 Å². The first-order chi connectivity index (χ1) is 9.33. The summed E-state index contributed by atoms with van der Waals surface area (Å²) in [5.74, 6) is -0.104. The van der Waals surface area contributed by atoms with E-state index in [0.29, 0.717) is 10.2 Å². The third kappa shape index (κ3) is 8.96. The van der Waals surface area contributed by atoms with Crippen molar-refractivity contribution in [2.75, 3.05) is 21.1 Å². The molecule has 6 nitrogen and oxygen atoms in total. The Labute approximate surface area is 126 Å². The van der Waals surface area contributed by atoms with Crippen molar-refractivity contribution in [3.8, 4) is 0 Å². The Bertz CT molecular complexity index is 599. The molecule has 21 heavy (non-hydrogen) atoms.